The summed E-state index contributed by atoms with van der Waals surface area (Å²) in [5, 5.41) is 10.8. The standard InChI is InChI=1S/C25H30N2O7/c1-3-33-18-8-7-17(16-20(18)31-2)22-21(23(28)19-6-4-13-34-19)24(29)25(30)27(22)10-5-9-26-11-14-32-15-12-26/h4,6-8,13,16,22,29H,3,5,9-12,14-15H2,1-2H3. The van der Waals surface area contributed by atoms with Crippen molar-refractivity contribution in [3.05, 3.63) is 59.3 Å². The van der Waals surface area contributed by atoms with Crippen molar-refractivity contribution in [1.82, 2.24) is 9.80 Å². The molecule has 182 valence electrons. The van der Waals surface area contributed by atoms with Gasteiger partial charge in [0.1, 0.15) is 0 Å². The lowest BCUT2D eigenvalue weighted by molar-refractivity contribution is -0.129. The molecule has 0 spiro atoms. The lowest BCUT2D eigenvalue weighted by Gasteiger charge is -2.30. The van der Waals surface area contributed by atoms with Gasteiger partial charge in [-0.1, -0.05) is 6.07 Å². The Kier molecular flexibility index (Phi) is 7.54. The number of rotatable bonds is 10. The Hall–Kier alpha value is -3.30. The molecule has 1 atom stereocenters. The highest BCUT2D eigenvalue weighted by atomic mass is 16.5. The van der Waals surface area contributed by atoms with Crippen molar-refractivity contribution < 1.29 is 33.3 Å². The summed E-state index contributed by atoms with van der Waals surface area (Å²) in [4.78, 5) is 30.2. The number of carbonyl (C=O) groups excluding carboxylic acids is 2. The predicted molar refractivity (Wildman–Crippen MR) is 123 cm³/mol. The van der Waals surface area contributed by atoms with E-state index in [2.05, 4.69) is 4.90 Å². The molecule has 0 saturated carbocycles. The zero-order valence-electron chi connectivity index (χ0n) is 19.5. The molecule has 0 aliphatic carbocycles. The van der Waals surface area contributed by atoms with E-state index < -0.39 is 23.5 Å². The number of carbonyl (C=O) groups is 2. The maximum absolute atomic E-state index is 13.3. The van der Waals surface area contributed by atoms with Gasteiger partial charge in [0, 0.05) is 26.2 Å². The summed E-state index contributed by atoms with van der Waals surface area (Å²) in [5.41, 5.74) is 0.636. The number of benzene rings is 1. The highest BCUT2D eigenvalue weighted by Crippen LogP contribution is 2.41. The molecule has 0 radical (unpaired) electrons. The summed E-state index contributed by atoms with van der Waals surface area (Å²) in [6.45, 7) is 6.58. The van der Waals surface area contributed by atoms with E-state index in [9.17, 15) is 14.7 Å². The van der Waals surface area contributed by atoms with Gasteiger partial charge in [0.2, 0.25) is 5.78 Å². The van der Waals surface area contributed by atoms with Crippen LogP contribution in [0.5, 0.6) is 11.5 Å². The topological polar surface area (TPSA) is 102 Å². The molecule has 2 aliphatic rings. The van der Waals surface area contributed by atoms with Crippen LogP contribution in [-0.4, -0.2) is 79.7 Å². The molecule has 0 bridgehead atoms. The number of methoxy groups -OCH3 is 1. The third kappa shape index (κ3) is 4.80. The van der Waals surface area contributed by atoms with E-state index in [0.29, 0.717) is 49.8 Å². The van der Waals surface area contributed by atoms with E-state index in [-0.39, 0.29) is 11.3 Å². The van der Waals surface area contributed by atoms with Crippen LogP contribution in [0, 0.1) is 0 Å². The Bertz CT molecular complexity index is 1040. The number of hydrogen-bond donors (Lipinski definition) is 1. The number of aliphatic hydroxyl groups is 1. The molecule has 1 amide bonds. The summed E-state index contributed by atoms with van der Waals surface area (Å²) >= 11 is 0. The first-order chi connectivity index (χ1) is 16.5. The van der Waals surface area contributed by atoms with Crippen molar-refractivity contribution in [2.75, 3.05) is 53.1 Å². The molecular weight excluding hydrogens is 440 g/mol. The SMILES string of the molecule is CCOc1ccc(C2C(C(=O)c3ccco3)=C(O)C(=O)N2CCCN2CCOCC2)cc1OC. The predicted octanol–water partition coefficient (Wildman–Crippen LogP) is 2.99. The summed E-state index contributed by atoms with van der Waals surface area (Å²) in [7, 11) is 1.53. The Morgan fingerprint density at radius 2 is 1.97 bits per heavy atom. The molecule has 1 saturated heterocycles. The van der Waals surface area contributed by atoms with Crippen LogP contribution < -0.4 is 9.47 Å². The lowest BCUT2D eigenvalue weighted by Crippen LogP contribution is -2.39. The van der Waals surface area contributed by atoms with Crippen LogP contribution in [0.25, 0.3) is 0 Å². The van der Waals surface area contributed by atoms with Crippen molar-refractivity contribution in [1.29, 1.82) is 0 Å². The largest absolute Gasteiger partial charge is 0.503 e. The zero-order valence-corrected chi connectivity index (χ0v) is 19.5. The van der Waals surface area contributed by atoms with E-state index >= 15 is 0 Å². The van der Waals surface area contributed by atoms with Crippen molar-refractivity contribution in [2.24, 2.45) is 0 Å². The molecule has 2 aromatic rings. The van der Waals surface area contributed by atoms with Gasteiger partial charge >= 0.3 is 0 Å². The molecule has 1 aromatic heterocycles. The number of nitrogens with zero attached hydrogens (tertiary/aromatic N) is 2. The monoisotopic (exact) mass is 470 g/mol. The molecule has 34 heavy (non-hydrogen) atoms. The summed E-state index contributed by atoms with van der Waals surface area (Å²) in [6, 6.07) is 7.61. The normalized spacial score (nSPS) is 19.1. The fraction of sp³-hybridized carbons (Fsp3) is 0.440. The van der Waals surface area contributed by atoms with E-state index in [1.54, 1.807) is 29.2 Å². The van der Waals surface area contributed by atoms with E-state index in [4.69, 9.17) is 18.6 Å². The van der Waals surface area contributed by atoms with Crippen LogP contribution in [0.15, 0.2) is 52.3 Å². The molecular formula is C25H30N2O7. The van der Waals surface area contributed by atoms with Crippen LogP contribution in [-0.2, 0) is 9.53 Å². The molecule has 1 unspecified atom stereocenters. The number of hydrogen-bond acceptors (Lipinski definition) is 8. The van der Waals surface area contributed by atoms with E-state index in [1.807, 2.05) is 6.92 Å². The second-order valence-corrected chi connectivity index (χ2v) is 8.12. The van der Waals surface area contributed by atoms with Crippen molar-refractivity contribution in [2.45, 2.75) is 19.4 Å². The van der Waals surface area contributed by atoms with Gasteiger partial charge in [-0.25, -0.2) is 0 Å². The van der Waals surface area contributed by atoms with Crippen LogP contribution in [0.3, 0.4) is 0 Å². The highest BCUT2D eigenvalue weighted by molar-refractivity contribution is 6.15. The number of Topliss-reactive ketones (excluding diaryl/α,β-unsaturated/α-hetero) is 1. The summed E-state index contributed by atoms with van der Waals surface area (Å²) in [6.07, 6.45) is 2.07. The number of aliphatic hydroxyl groups excluding tert-OH is 1. The van der Waals surface area contributed by atoms with E-state index in [1.165, 1.54) is 19.4 Å². The maximum Gasteiger partial charge on any atom is 0.290 e. The third-order valence-electron chi connectivity index (χ3n) is 6.07. The fourth-order valence-electron chi connectivity index (χ4n) is 4.42. The zero-order chi connectivity index (χ0) is 24.1. The average Bonchev–Trinajstić information content (AvgIpc) is 3.48. The highest BCUT2D eigenvalue weighted by Gasteiger charge is 2.44. The van der Waals surface area contributed by atoms with Gasteiger partial charge in [0.15, 0.2) is 23.0 Å². The van der Waals surface area contributed by atoms with Crippen LogP contribution in [0.4, 0.5) is 0 Å². The first-order valence-corrected chi connectivity index (χ1v) is 11.5. The lowest BCUT2D eigenvalue weighted by atomic mass is 9.94. The van der Waals surface area contributed by atoms with Crippen molar-refractivity contribution in [3.63, 3.8) is 0 Å². The second kappa shape index (κ2) is 10.8. The number of amides is 1. The fourth-order valence-corrected chi connectivity index (χ4v) is 4.42. The molecule has 3 heterocycles. The van der Waals surface area contributed by atoms with Gasteiger partial charge in [-0.05, 0) is 43.2 Å². The number of furan rings is 1. The van der Waals surface area contributed by atoms with Gasteiger partial charge in [-0.2, -0.15) is 0 Å². The van der Waals surface area contributed by atoms with Gasteiger partial charge in [0.05, 0.1) is 44.8 Å². The minimum absolute atomic E-state index is 0.00228. The molecule has 2 aliphatic heterocycles. The Labute approximate surface area is 198 Å². The van der Waals surface area contributed by atoms with Gasteiger partial charge < -0.3 is 28.6 Å². The Morgan fingerprint density at radius 1 is 1.18 bits per heavy atom. The molecule has 9 nitrogen and oxygen atoms in total. The second-order valence-electron chi connectivity index (χ2n) is 8.12. The van der Waals surface area contributed by atoms with Gasteiger partial charge in [-0.3, -0.25) is 14.5 Å². The number of morpholine rings is 1. The van der Waals surface area contributed by atoms with Gasteiger partial charge in [0.25, 0.3) is 5.91 Å². The average molecular weight is 471 g/mol. The van der Waals surface area contributed by atoms with Crippen LogP contribution in [0.1, 0.15) is 35.5 Å². The number of ether oxygens (including phenoxy) is 3. The minimum atomic E-state index is -0.778. The Morgan fingerprint density at radius 3 is 2.65 bits per heavy atom. The van der Waals surface area contributed by atoms with Gasteiger partial charge in [-0.15, -0.1) is 0 Å². The molecule has 1 fully saturated rings. The number of ketones is 1. The van der Waals surface area contributed by atoms with Crippen LogP contribution >= 0.6 is 0 Å². The Balaban J connectivity index is 1.65. The summed E-state index contributed by atoms with van der Waals surface area (Å²) < 4.78 is 21.8. The molecule has 1 aromatic carbocycles. The minimum Gasteiger partial charge on any atom is -0.503 e. The van der Waals surface area contributed by atoms with Crippen molar-refractivity contribution >= 4 is 11.7 Å². The first-order valence-electron chi connectivity index (χ1n) is 11.5. The smallest absolute Gasteiger partial charge is 0.290 e. The third-order valence-corrected chi connectivity index (χ3v) is 6.07. The molecule has 9 heteroatoms. The molecule has 4 rings (SSSR count). The van der Waals surface area contributed by atoms with Crippen LogP contribution in [0.2, 0.25) is 0 Å². The first kappa shape index (κ1) is 23.8. The quantitative estimate of drug-likeness (QED) is 0.529. The summed E-state index contributed by atoms with van der Waals surface area (Å²) in [5.74, 6) is -0.544. The maximum atomic E-state index is 13.3. The van der Waals surface area contributed by atoms with E-state index in [0.717, 1.165) is 19.6 Å². The van der Waals surface area contributed by atoms with Crippen molar-refractivity contribution in [3.8, 4) is 11.5 Å². The molecule has 1 N–H and O–H groups in total.